The number of anilines is 1. The van der Waals surface area contributed by atoms with Crippen molar-refractivity contribution in [3.05, 3.63) is 83.4 Å². The fourth-order valence-electron chi connectivity index (χ4n) is 3.96. The first kappa shape index (κ1) is 21.2. The van der Waals surface area contributed by atoms with Crippen molar-refractivity contribution in [1.82, 2.24) is 4.90 Å². The van der Waals surface area contributed by atoms with Gasteiger partial charge in [-0.25, -0.2) is 0 Å². The third kappa shape index (κ3) is 3.85. The van der Waals surface area contributed by atoms with Crippen molar-refractivity contribution in [2.45, 2.75) is 12.6 Å². The third-order valence-corrected chi connectivity index (χ3v) is 5.46. The lowest BCUT2D eigenvalue weighted by Gasteiger charge is -2.27. The zero-order valence-electron chi connectivity index (χ0n) is 18.1. The highest BCUT2D eigenvalue weighted by Gasteiger charge is 2.37. The Bertz CT molecular complexity index is 1120. The first-order chi connectivity index (χ1) is 15.6. The van der Waals surface area contributed by atoms with E-state index in [4.69, 9.17) is 14.2 Å². The van der Waals surface area contributed by atoms with Gasteiger partial charge in [0.25, 0.3) is 11.8 Å². The number of hydrogen-bond acceptors (Lipinski definition) is 5. The van der Waals surface area contributed by atoms with Crippen molar-refractivity contribution in [3.63, 3.8) is 0 Å². The average Bonchev–Trinajstić information content (AvgIpc) is 3.15. The van der Waals surface area contributed by atoms with Crippen LogP contribution in [0.5, 0.6) is 17.2 Å². The largest absolute Gasteiger partial charge is 0.493 e. The monoisotopic (exact) mass is 432 g/mol. The maximum absolute atomic E-state index is 13.5. The molecule has 1 atom stereocenters. The van der Waals surface area contributed by atoms with Gasteiger partial charge >= 0.3 is 0 Å². The van der Waals surface area contributed by atoms with Crippen molar-refractivity contribution < 1.29 is 23.8 Å². The molecule has 0 bridgehead atoms. The summed E-state index contributed by atoms with van der Waals surface area (Å²) in [6, 6.07) is 19.2. The van der Waals surface area contributed by atoms with E-state index >= 15 is 0 Å². The second-order valence-electron chi connectivity index (χ2n) is 7.31. The summed E-state index contributed by atoms with van der Waals surface area (Å²) in [6.45, 7) is 0.358. The van der Waals surface area contributed by atoms with E-state index in [2.05, 4.69) is 5.32 Å². The lowest BCUT2D eigenvalue weighted by Crippen LogP contribution is -2.37. The zero-order valence-corrected chi connectivity index (χ0v) is 18.1. The number of methoxy groups -OCH3 is 3. The number of rotatable bonds is 7. The number of benzene rings is 3. The van der Waals surface area contributed by atoms with Crippen molar-refractivity contribution in [2.24, 2.45) is 0 Å². The van der Waals surface area contributed by atoms with Crippen LogP contribution in [-0.4, -0.2) is 38.0 Å². The van der Waals surface area contributed by atoms with Crippen LogP contribution in [0.1, 0.15) is 27.5 Å². The van der Waals surface area contributed by atoms with Gasteiger partial charge in [-0.1, -0.05) is 48.5 Å². The van der Waals surface area contributed by atoms with Crippen LogP contribution in [0.4, 0.5) is 5.69 Å². The van der Waals surface area contributed by atoms with Crippen LogP contribution in [0.25, 0.3) is 0 Å². The molecule has 0 saturated carbocycles. The summed E-state index contributed by atoms with van der Waals surface area (Å²) >= 11 is 0. The second-order valence-corrected chi connectivity index (χ2v) is 7.31. The molecule has 7 nitrogen and oxygen atoms in total. The van der Waals surface area contributed by atoms with Crippen LogP contribution < -0.4 is 19.5 Å². The second kappa shape index (κ2) is 9.01. The molecule has 0 aromatic heterocycles. The van der Waals surface area contributed by atoms with E-state index in [0.29, 0.717) is 35.0 Å². The van der Waals surface area contributed by atoms with Crippen molar-refractivity contribution in [2.75, 3.05) is 26.6 Å². The number of nitrogens with zero attached hydrogens (tertiary/aromatic N) is 1. The summed E-state index contributed by atoms with van der Waals surface area (Å²) in [5.74, 6) is 0.755. The highest BCUT2D eigenvalue weighted by atomic mass is 16.5. The highest BCUT2D eigenvalue weighted by molar-refractivity contribution is 6.04. The molecule has 1 N–H and O–H groups in total. The van der Waals surface area contributed by atoms with Gasteiger partial charge in [0.2, 0.25) is 5.75 Å². The first-order valence-electron chi connectivity index (χ1n) is 10.1. The molecule has 0 unspecified atom stereocenters. The van der Waals surface area contributed by atoms with E-state index in [0.717, 1.165) is 11.1 Å². The number of nitrogens with one attached hydrogen (secondary N) is 1. The van der Waals surface area contributed by atoms with Crippen molar-refractivity contribution in [1.29, 1.82) is 0 Å². The molecule has 2 amide bonds. The molecule has 0 aliphatic carbocycles. The molecule has 1 aliphatic heterocycles. The number of amides is 2. The summed E-state index contributed by atoms with van der Waals surface area (Å²) in [4.78, 5) is 28.3. The van der Waals surface area contributed by atoms with Crippen LogP contribution in [-0.2, 0) is 11.3 Å². The number of carbonyl (C=O) groups excluding carboxylic acids is 2. The van der Waals surface area contributed by atoms with E-state index in [1.54, 1.807) is 23.1 Å². The van der Waals surface area contributed by atoms with Gasteiger partial charge in [-0.2, -0.15) is 0 Å². The smallest absolute Gasteiger partial charge is 0.255 e. The van der Waals surface area contributed by atoms with E-state index in [9.17, 15) is 9.59 Å². The molecule has 0 saturated heterocycles. The minimum absolute atomic E-state index is 0.172. The lowest BCUT2D eigenvalue weighted by atomic mass is 10.0. The van der Waals surface area contributed by atoms with Crippen LogP contribution in [0.15, 0.2) is 66.7 Å². The molecule has 0 radical (unpaired) electrons. The Morgan fingerprint density at radius 2 is 1.53 bits per heavy atom. The molecular formula is C25H24N2O5. The SMILES string of the molecule is COc1cc(NC(=O)[C@H](c2ccccc2)N2Cc3ccccc3C2=O)cc(OC)c1OC. The Labute approximate surface area is 186 Å². The van der Waals surface area contributed by atoms with E-state index in [1.165, 1.54) is 21.3 Å². The van der Waals surface area contributed by atoms with E-state index in [-0.39, 0.29) is 11.8 Å². The molecule has 4 rings (SSSR count). The number of carbonyl (C=O) groups is 2. The maximum atomic E-state index is 13.5. The van der Waals surface area contributed by atoms with Crippen LogP contribution in [0.3, 0.4) is 0 Å². The van der Waals surface area contributed by atoms with Crippen molar-refractivity contribution in [3.8, 4) is 17.2 Å². The van der Waals surface area contributed by atoms with Gasteiger partial charge in [0.15, 0.2) is 11.5 Å². The molecule has 1 aliphatic rings. The Hall–Kier alpha value is -4.00. The Morgan fingerprint density at radius 3 is 2.12 bits per heavy atom. The molecule has 1 heterocycles. The minimum Gasteiger partial charge on any atom is -0.493 e. The Morgan fingerprint density at radius 1 is 0.906 bits per heavy atom. The molecule has 7 heteroatoms. The van der Waals surface area contributed by atoms with Gasteiger partial charge in [0, 0.05) is 29.9 Å². The first-order valence-corrected chi connectivity index (χ1v) is 10.1. The average molecular weight is 432 g/mol. The van der Waals surface area contributed by atoms with Crippen molar-refractivity contribution >= 4 is 17.5 Å². The van der Waals surface area contributed by atoms with Gasteiger partial charge < -0.3 is 24.4 Å². The molecule has 32 heavy (non-hydrogen) atoms. The maximum Gasteiger partial charge on any atom is 0.255 e. The number of ether oxygens (including phenoxy) is 3. The van der Waals surface area contributed by atoms with Crippen LogP contribution in [0, 0.1) is 0 Å². The molecule has 0 spiro atoms. The quantitative estimate of drug-likeness (QED) is 0.610. The van der Waals surface area contributed by atoms with E-state index in [1.807, 2.05) is 48.5 Å². The van der Waals surface area contributed by atoms with Gasteiger partial charge in [0.05, 0.1) is 21.3 Å². The Kier molecular flexibility index (Phi) is 5.98. The van der Waals surface area contributed by atoms with Gasteiger partial charge in [-0.3, -0.25) is 9.59 Å². The molecule has 3 aromatic rings. The van der Waals surface area contributed by atoms with Crippen LogP contribution >= 0.6 is 0 Å². The molecular weight excluding hydrogens is 408 g/mol. The summed E-state index contributed by atoms with van der Waals surface area (Å²) in [6.07, 6.45) is 0. The molecule has 164 valence electrons. The fourth-order valence-corrected chi connectivity index (χ4v) is 3.96. The third-order valence-electron chi connectivity index (χ3n) is 5.46. The zero-order chi connectivity index (χ0) is 22.7. The minimum atomic E-state index is -0.810. The topological polar surface area (TPSA) is 77.1 Å². The summed E-state index contributed by atoms with van der Waals surface area (Å²) in [5.41, 5.74) is 2.71. The van der Waals surface area contributed by atoms with Gasteiger partial charge in [-0.15, -0.1) is 0 Å². The summed E-state index contributed by atoms with van der Waals surface area (Å²) < 4.78 is 16.1. The van der Waals surface area contributed by atoms with Gasteiger partial charge in [-0.05, 0) is 17.2 Å². The predicted molar refractivity (Wildman–Crippen MR) is 120 cm³/mol. The summed E-state index contributed by atoms with van der Waals surface area (Å²) in [5, 5.41) is 2.92. The van der Waals surface area contributed by atoms with Gasteiger partial charge in [0.1, 0.15) is 6.04 Å². The Balaban J connectivity index is 1.69. The number of fused-ring (bicyclic) bond motifs is 1. The molecule has 3 aromatic carbocycles. The predicted octanol–water partition coefficient (Wildman–Crippen LogP) is 4.05. The summed E-state index contributed by atoms with van der Waals surface area (Å²) in [7, 11) is 4.53. The number of hydrogen-bond donors (Lipinski definition) is 1. The fraction of sp³-hybridized carbons (Fsp3) is 0.200. The normalized spacial score (nSPS) is 13.3. The van der Waals surface area contributed by atoms with Crippen LogP contribution in [0.2, 0.25) is 0 Å². The standard InChI is InChI=1S/C25H24N2O5/c1-30-20-13-18(14-21(31-2)23(20)32-3)26-24(28)22(16-9-5-4-6-10-16)27-15-17-11-7-8-12-19(17)25(27)29/h4-14,22H,15H2,1-3H3,(H,26,28)/t22-/m0/s1. The lowest BCUT2D eigenvalue weighted by molar-refractivity contribution is -0.120. The highest BCUT2D eigenvalue weighted by Crippen LogP contribution is 2.40. The van der Waals surface area contributed by atoms with E-state index < -0.39 is 6.04 Å². The molecule has 0 fully saturated rings.